The lowest BCUT2D eigenvalue weighted by Gasteiger charge is -2.43. The smallest absolute Gasteiger partial charge is 0.231 e. The Bertz CT molecular complexity index is 728. The molecule has 1 saturated heterocycles. The molecule has 3 rings (SSSR count). The number of amides is 2. The maximum Gasteiger partial charge on any atom is 0.231 e. The van der Waals surface area contributed by atoms with Crippen LogP contribution in [0, 0.1) is 12.8 Å². The topological polar surface area (TPSA) is 79.0 Å². The predicted octanol–water partition coefficient (Wildman–Crippen LogP) is 1.71. The van der Waals surface area contributed by atoms with E-state index in [0.717, 1.165) is 24.9 Å². The molecule has 140 valence electrons. The molecule has 1 aromatic rings. The van der Waals surface area contributed by atoms with Gasteiger partial charge in [0.05, 0.1) is 18.4 Å². The second-order valence-electron chi connectivity index (χ2n) is 7.80. The minimum atomic E-state index is -0.531. The number of nitrogens with zero attached hydrogens (tertiary/aromatic N) is 3. The van der Waals surface area contributed by atoms with Crippen molar-refractivity contribution in [2.45, 2.75) is 45.1 Å². The van der Waals surface area contributed by atoms with Crippen LogP contribution in [0.3, 0.4) is 0 Å². The Balaban J connectivity index is 1.70. The molecular weight excluding hydrogens is 328 g/mol. The Hall–Kier alpha value is -2.37. The van der Waals surface area contributed by atoms with Crippen molar-refractivity contribution in [3.63, 3.8) is 0 Å². The van der Waals surface area contributed by atoms with Crippen LogP contribution in [-0.4, -0.2) is 53.2 Å². The van der Waals surface area contributed by atoms with Crippen molar-refractivity contribution in [3.8, 4) is 0 Å². The van der Waals surface area contributed by atoms with Gasteiger partial charge in [0, 0.05) is 26.1 Å². The number of likely N-dealkylation sites (tertiary alicyclic amines) is 1. The average Bonchev–Trinajstić information content (AvgIpc) is 2.61. The van der Waals surface area contributed by atoms with Gasteiger partial charge in [0.15, 0.2) is 5.96 Å². The molecule has 1 aromatic carbocycles. The molecule has 2 N–H and O–H groups in total. The molecule has 2 aliphatic heterocycles. The van der Waals surface area contributed by atoms with E-state index >= 15 is 0 Å². The van der Waals surface area contributed by atoms with Gasteiger partial charge in [-0.1, -0.05) is 29.8 Å². The number of piperidine rings is 1. The van der Waals surface area contributed by atoms with Crippen LogP contribution in [0.4, 0.5) is 0 Å². The van der Waals surface area contributed by atoms with Gasteiger partial charge < -0.3 is 10.6 Å². The summed E-state index contributed by atoms with van der Waals surface area (Å²) >= 11 is 0. The highest BCUT2D eigenvalue weighted by Crippen LogP contribution is 2.35. The highest BCUT2D eigenvalue weighted by atomic mass is 16.2. The van der Waals surface area contributed by atoms with E-state index in [0.29, 0.717) is 19.4 Å². The third kappa shape index (κ3) is 3.74. The van der Waals surface area contributed by atoms with Crippen molar-refractivity contribution in [1.29, 1.82) is 0 Å². The van der Waals surface area contributed by atoms with Crippen molar-refractivity contribution in [1.82, 2.24) is 9.80 Å². The quantitative estimate of drug-likeness (QED) is 0.895. The summed E-state index contributed by atoms with van der Waals surface area (Å²) in [5.74, 6) is 0.544. The van der Waals surface area contributed by atoms with Gasteiger partial charge in [-0.05, 0) is 32.3 Å². The number of aliphatic imine (C=N–C) groups is 1. The lowest BCUT2D eigenvalue weighted by atomic mass is 9.77. The van der Waals surface area contributed by atoms with E-state index < -0.39 is 5.54 Å². The molecule has 0 aliphatic carbocycles. The molecule has 6 nitrogen and oxygen atoms in total. The number of rotatable bonds is 3. The molecule has 2 atom stereocenters. The zero-order chi connectivity index (χ0) is 18.9. The minimum absolute atomic E-state index is 0.0110. The van der Waals surface area contributed by atoms with E-state index in [1.165, 1.54) is 10.5 Å². The van der Waals surface area contributed by atoms with E-state index in [2.05, 4.69) is 4.99 Å². The number of aryl methyl sites for hydroxylation is 1. The summed E-state index contributed by atoms with van der Waals surface area (Å²) in [6, 6.07) is 8.09. The highest BCUT2D eigenvalue weighted by Gasteiger charge is 2.43. The monoisotopic (exact) mass is 356 g/mol. The maximum atomic E-state index is 12.8. The largest absolute Gasteiger partial charge is 0.369 e. The Morgan fingerprint density at radius 2 is 2.04 bits per heavy atom. The van der Waals surface area contributed by atoms with Crippen molar-refractivity contribution in [2.75, 3.05) is 20.1 Å². The summed E-state index contributed by atoms with van der Waals surface area (Å²) in [5, 5.41) is 0. The highest BCUT2D eigenvalue weighted by molar-refractivity contribution is 5.98. The SMILES string of the molecule is Cc1ccc(CC(=O)N2CCCC([C@]3(C)CC(=O)N(C)C(N)=N3)C2)cc1. The summed E-state index contributed by atoms with van der Waals surface area (Å²) in [7, 11) is 1.65. The summed E-state index contributed by atoms with van der Waals surface area (Å²) in [4.78, 5) is 32.9. The van der Waals surface area contributed by atoms with Crippen molar-refractivity contribution in [2.24, 2.45) is 16.6 Å². The fourth-order valence-electron chi connectivity index (χ4n) is 3.87. The first-order valence-corrected chi connectivity index (χ1v) is 9.24. The van der Waals surface area contributed by atoms with Crippen molar-refractivity contribution >= 4 is 17.8 Å². The second-order valence-corrected chi connectivity index (χ2v) is 7.80. The van der Waals surface area contributed by atoms with E-state index in [9.17, 15) is 9.59 Å². The average molecular weight is 356 g/mol. The van der Waals surface area contributed by atoms with E-state index in [-0.39, 0.29) is 23.7 Å². The predicted molar refractivity (Wildman–Crippen MR) is 102 cm³/mol. The van der Waals surface area contributed by atoms with Gasteiger partial charge in [-0.25, -0.2) is 4.99 Å². The third-order valence-electron chi connectivity index (χ3n) is 5.73. The molecule has 2 aliphatic rings. The lowest BCUT2D eigenvalue weighted by Crippen LogP contribution is -2.55. The molecule has 0 bridgehead atoms. The van der Waals surface area contributed by atoms with Gasteiger partial charge >= 0.3 is 0 Å². The van der Waals surface area contributed by atoms with Crippen LogP contribution in [0.25, 0.3) is 0 Å². The van der Waals surface area contributed by atoms with Crippen LogP contribution in [-0.2, 0) is 16.0 Å². The first-order valence-electron chi connectivity index (χ1n) is 9.24. The number of benzene rings is 1. The fraction of sp³-hybridized carbons (Fsp3) is 0.550. The van der Waals surface area contributed by atoms with Crippen LogP contribution < -0.4 is 5.73 Å². The Morgan fingerprint density at radius 1 is 1.35 bits per heavy atom. The minimum Gasteiger partial charge on any atom is -0.369 e. The standard InChI is InChI=1S/C20H28N4O2/c1-14-6-8-15(9-7-14)11-17(25)24-10-4-5-16(13-24)20(2)12-18(26)23(3)19(21)22-20/h6-9,16H,4-5,10-13H2,1-3H3,(H2,21,22)/t16?,20-/m0/s1. The summed E-state index contributed by atoms with van der Waals surface area (Å²) in [5.41, 5.74) is 7.63. The Labute approximate surface area is 155 Å². The maximum absolute atomic E-state index is 12.8. The molecule has 0 saturated carbocycles. The van der Waals surface area contributed by atoms with Crippen LogP contribution in [0.15, 0.2) is 29.3 Å². The van der Waals surface area contributed by atoms with Crippen LogP contribution >= 0.6 is 0 Å². The van der Waals surface area contributed by atoms with E-state index in [4.69, 9.17) is 5.73 Å². The van der Waals surface area contributed by atoms with Gasteiger partial charge in [0.25, 0.3) is 0 Å². The molecular formula is C20H28N4O2. The van der Waals surface area contributed by atoms with Crippen LogP contribution in [0.2, 0.25) is 0 Å². The van der Waals surface area contributed by atoms with Crippen molar-refractivity contribution < 1.29 is 9.59 Å². The van der Waals surface area contributed by atoms with Crippen molar-refractivity contribution in [3.05, 3.63) is 35.4 Å². The molecule has 0 spiro atoms. The fourth-order valence-corrected chi connectivity index (χ4v) is 3.87. The van der Waals surface area contributed by atoms with E-state index in [1.807, 2.05) is 43.0 Å². The summed E-state index contributed by atoms with van der Waals surface area (Å²) < 4.78 is 0. The normalized spacial score (nSPS) is 26.7. The zero-order valence-electron chi connectivity index (χ0n) is 15.9. The Kier molecular flexibility index (Phi) is 5.03. The number of guanidine groups is 1. The zero-order valence-corrected chi connectivity index (χ0v) is 15.9. The number of hydrogen-bond acceptors (Lipinski definition) is 4. The molecule has 0 radical (unpaired) electrons. The van der Waals surface area contributed by atoms with Gasteiger partial charge in [0.2, 0.25) is 11.8 Å². The van der Waals surface area contributed by atoms with Crippen LogP contribution in [0.1, 0.15) is 37.3 Å². The number of carbonyl (C=O) groups excluding carboxylic acids is 2. The molecule has 26 heavy (non-hydrogen) atoms. The number of carbonyl (C=O) groups is 2. The first-order chi connectivity index (χ1) is 12.3. The van der Waals surface area contributed by atoms with Crippen LogP contribution in [0.5, 0.6) is 0 Å². The molecule has 1 unspecified atom stereocenters. The van der Waals surface area contributed by atoms with Gasteiger partial charge in [-0.3, -0.25) is 14.5 Å². The molecule has 1 fully saturated rings. The molecule has 2 amide bonds. The lowest BCUT2D eigenvalue weighted by molar-refractivity contribution is -0.133. The van der Waals surface area contributed by atoms with Gasteiger partial charge in [-0.2, -0.15) is 0 Å². The number of nitrogens with two attached hydrogens (primary N) is 1. The van der Waals surface area contributed by atoms with Gasteiger partial charge in [0.1, 0.15) is 0 Å². The molecule has 6 heteroatoms. The molecule has 0 aromatic heterocycles. The second kappa shape index (κ2) is 7.09. The Morgan fingerprint density at radius 3 is 2.69 bits per heavy atom. The first kappa shape index (κ1) is 18.4. The third-order valence-corrected chi connectivity index (χ3v) is 5.73. The van der Waals surface area contributed by atoms with Gasteiger partial charge in [-0.15, -0.1) is 0 Å². The molecule has 2 heterocycles. The summed E-state index contributed by atoms with van der Waals surface area (Å²) in [6.07, 6.45) is 2.64. The number of hydrogen-bond donors (Lipinski definition) is 1. The van der Waals surface area contributed by atoms with E-state index in [1.54, 1.807) is 7.05 Å². The summed E-state index contributed by atoms with van der Waals surface area (Å²) in [6.45, 7) is 5.43.